The minimum Gasteiger partial charge on any atom is -0.352 e. The lowest BCUT2D eigenvalue weighted by Crippen LogP contribution is -2.25. The number of imidazole rings is 1. The molecule has 0 fully saturated rings. The monoisotopic (exact) mass is 484 g/mol. The van der Waals surface area contributed by atoms with E-state index in [2.05, 4.69) is 19.6 Å². The number of para-hydroxylation sites is 2. The molecule has 0 spiro atoms. The van der Waals surface area contributed by atoms with Crippen LogP contribution in [0.1, 0.15) is 22.6 Å². The molecule has 7 nitrogen and oxygen atoms in total. The standard InChI is InChI=1S/C24H22F2N4O3S/c1-16-28-22-5-2-3-6-23(22)30(16)14-4-13-27-24(31)17-7-9-18(10-8-17)29-34(32,33)19-11-12-20(25)21(26)15-19/h2-3,5-12,15,29H,4,13-14H2,1H3,(H,27,31). The number of nitrogens with zero attached hydrogens (tertiary/aromatic N) is 2. The summed E-state index contributed by atoms with van der Waals surface area (Å²) in [7, 11) is -4.11. The lowest BCUT2D eigenvalue weighted by Gasteiger charge is -2.10. The molecule has 10 heteroatoms. The lowest BCUT2D eigenvalue weighted by atomic mass is 10.2. The highest BCUT2D eigenvalue weighted by atomic mass is 32.2. The predicted octanol–water partition coefficient (Wildman–Crippen LogP) is 4.24. The largest absolute Gasteiger partial charge is 0.352 e. The Kier molecular flexibility index (Phi) is 6.60. The van der Waals surface area contributed by atoms with E-state index in [1.807, 2.05) is 31.2 Å². The smallest absolute Gasteiger partial charge is 0.261 e. The zero-order valence-electron chi connectivity index (χ0n) is 18.3. The second kappa shape index (κ2) is 9.60. The van der Waals surface area contributed by atoms with Crippen LogP contribution in [0.5, 0.6) is 0 Å². The number of carbonyl (C=O) groups is 1. The van der Waals surface area contributed by atoms with Gasteiger partial charge in [0.05, 0.1) is 15.9 Å². The summed E-state index contributed by atoms with van der Waals surface area (Å²) >= 11 is 0. The van der Waals surface area contributed by atoms with Gasteiger partial charge in [0.15, 0.2) is 11.6 Å². The number of benzene rings is 3. The highest BCUT2D eigenvalue weighted by molar-refractivity contribution is 7.92. The van der Waals surface area contributed by atoms with Crippen LogP contribution in [0.15, 0.2) is 71.6 Å². The topological polar surface area (TPSA) is 93.1 Å². The first-order valence-electron chi connectivity index (χ1n) is 10.5. The minimum absolute atomic E-state index is 0.184. The zero-order chi connectivity index (χ0) is 24.3. The summed E-state index contributed by atoms with van der Waals surface area (Å²) in [5.74, 6) is -1.77. The average Bonchev–Trinajstić information content (AvgIpc) is 3.13. The number of halogens is 2. The maximum Gasteiger partial charge on any atom is 0.261 e. The van der Waals surface area contributed by atoms with E-state index in [-0.39, 0.29) is 11.6 Å². The van der Waals surface area contributed by atoms with E-state index in [1.165, 1.54) is 24.3 Å². The van der Waals surface area contributed by atoms with E-state index in [4.69, 9.17) is 0 Å². The summed E-state index contributed by atoms with van der Waals surface area (Å²) in [4.78, 5) is 16.5. The molecule has 1 amide bonds. The van der Waals surface area contributed by atoms with Crippen LogP contribution < -0.4 is 10.0 Å². The Morgan fingerprint density at radius 1 is 1.00 bits per heavy atom. The molecule has 3 aromatic carbocycles. The molecule has 2 N–H and O–H groups in total. The van der Waals surface area contributed by atoms with Crippen molar-refractivity contribution in [2.24, 2.45) is 0 Å². The van der Waals surface area contributed by atoms with Crippen molar-refractivity contribution >= 4 is 32.7 Å². The molecular formula is C24H22F2N4O3S. The van der Waals surface area contributed by atoms with Gasteiger partial charge in [-0.05, 0) is 67.9 Å². The normalized spacial score (nSPS) is 11.5. The number of aromatic nitrogens is 2. The second-order valence-electron chi connectivity index (χ2n) is 7.67. The van der Waals surface area contributed by atoms with Crippen LogP contribution in [0, 0.1) is 18.6 Å². The van der Waals surface area contributed by atoms with Crippen molar-refractivity contribution in [2.75, 3.05) is 11.3 Å². The first-order valence-corrected chi connectivity index (χ1v) is 12.0. The van der Waals surface area contributed by atoms with Gasteiger partial charge in [-0.2, -0.15) is 0 Å². The van der Waals surface area contributed by atoms with Crippen molar-refractivity contribution < 1.29 is 22.0 Å². The Balaban J connectivity index is 1.32. The molecule has 0 atom stereocenters. The summed E-state index contributed by atoms with van der Waals surface area (Å²) in [6.07, 6.45) is 0.707. The third kappa shape index (κ3) is 5.07. The molecular weight excluding hydrogens is 462 g/mol. The molecule has 0 unspecified atom stereocenters. The van der Waals surface area contributed by atoms with Gasteiger partial charge >= 0.3 is 0 Å². The predicted molar refractivity (Wildman–Crippen MR) is 125 cm³/mol. The second-order valence-corrected chi connectivity index (χ2v) is 9.35. The Morgan fingerprint density at radius 3 is 2.47 bits per heavy atom. The molecule has 176 valence electrons. The van der Waals surface area contributed by atoms with Crippen LogP contribution in [-0.2, 0) is 16.6 Å². The molecule has 1 heterocycles. The Hall–Kier alpha value is -3.79. The molecule has 34 heavy (non-hydrogen) atoms. The molecule has 0 aliphatic heterocycles. The molecule has 0 aliphatic rings. The molecule has 0 radical (unpaired) electrons. The summed E-state index contributed by atoms with van der Waals surface area (Å²) in [5.41, 5.74) is 2.53. The zero-order valence-corrected chi connectivity index (χ0v) is 19.1. The van der Waals surface area contributed by atoms with Gasteiger partial charge in [0.1, 0.15) is 5.82 Å². The van der Waals surface area contributed by atoms with Crippen LogP contribution in [-0.4, -0.2) is 30.4 Å². The average molecular weight is 485 g/mol. The van der Waals surface area contributed by atoms with Crippen molar-refractivity contribution in [1.82, 2.24) is 14.9 Å². The maximum atomic E-state index is 13.4. The van der Waals surface area contributed by atoms with E-state index in [1.54, 1.807) is 0 Å². The molecule has 4 rings (SSSR count). The third-order valence-corrected chi connectivity index (χ3v) is 6.67. The van der Waals surface area contributed by atoms with Crippen molar-refractivity contribution in [3.8, 4) is 0 Å². The number of anilines is 1. The third-order valence-electron chi connectivity index (χ3n) is 5.29. The number of rotatable bonds is 8. The number of hydrogen-bond acceptors (Lipinski definition) is 4. The van der Waals surface area contributed by atoms with Crippen LogP contribution in [0.25, 0.3) is 11.0 Å². The molecule has 1 aromatic heterocycles. The van der Waals surface area contributed by atoms with E-state index < -0.39 is 26.6 Å². The highest BCUT2D eigenvalue weighted by Crippen LogP contribution is 2.19. The van der Waals surface area contributed by atoms with Gasteiger partial charge < -0.3 is 9.88 Å². The van der Waals surface area contributed by atoms with Gasteiger partial charge in [-0.1, -0.05) is 12.1 Å². The fraction of sp³-hybridized carbons (Fsp3) is 0.167. The van der Waals surface area contributed by atoms with Gasteiger partial charge in [-0.15, -0.1) is 0 Å². The number of nitrogens with one attached hydrogen (secondary N) is 2. The van der Waals surface area contributed by atoms with E-state index in [9.17, 15) is 22.0 Å². The number of amides is 1. The van der Waals surface area contributed by atoms with Crippen LogP contribution in [0.2, 0.25) is 0 Å². The van der Waals surface area contributed by atoms with Crippen LogP contribution in [0.4, 0.5) is 14.5 Å². The van der Waals surface area contributed by atoms with Crippen LogP contribution in [0.3, 0.4) is 0 Å². The highest BCUT2D eigenvalue weighted by Gasteiger charge is 2.17. The number of fused-ring (bicyclic) bond motifs is 1. The number of aryl methyl sites for hydroxylation is 2. The summed E-state index contributed by atoms with van der Waals surface area (Å²) in [6, 6.07) is 16.0. The van der Waals surface area contributed by atoms with Gasteiger partial charge in [0, 0.05) is 24.3 Å². The molecule has 0 saturated carbocycles. The van der Waals surface area contributed by atoms with Gasteiger partial charge in [-0.25, -0.2) is 22.2 Å². The summed E-state index contributed by atoms with van der Waals surface area (Å²) in [6.45, 7) is 3.10. The number of hydrogen-bond donors (Lipinski definition) is 2. The Labute approximate surface area is 195 Å². The van der Waals surface area contributed by atoms with E-state index in [0.717, 1.165) is 29.0 Å². The van der Waals surface area contributed by atoms with Crippen molar-refractivity contribution in [2.45, 2.75) is 24.8 Å². The molecule has 0 bridgehead atoms. The fourth-order valence-corrected chi connectivity index (χ4v) is 4.64. The number of sulfonamides is 1. The Bertz CT molecular complexity index is 1450. The lowest BCUT2D eigenvalue weighted by molar-refractivity contribution is 0.0953. The Morgan fingerprint density at radius 2 is 1.74 bits per heavy atom. The fourth-order valence-electron chi connectivity index (χ4n) is 3.57. The summed E-state index contributed by atoms with van der Waals surface area (Å²) < 4.78 is 55.6. The van der Waals surface area contributed by atoms with Crippen LogP contribution >= 0.6 is 0 Å². The summed E-state index contributed by atoms with van der Waals surface area (Å²) in [5, 5.41) is 2.85. The van der Waals surface area contributed by atoms with Gasteiger partial charge in [-0.3, -0.25) is 9.52 Å². The SMILES string of the molecule is Cc1nc2ccccc2n1CCCNC(=O)c1ccc(NS(=O)(=O)c2ccc(F)c(F)c2)cc1. The maximum absolute atomic E-state index is 13.4. The van der Waals surface area contributed by atoms with Crippen molar-refractivity contribution in [1.29, 1.82) is 0 Å². The van der Waals surface area contributed by atoms with Gasteiger partial charge in [0.2, 0.25) is 0 Å². The first-order chi connectivity index (χ1) is 16.2. The minimum atomic E-state index is -4.11. The molecule has 0 saturated heterocycles. The van der Waals surface area contributed by atoms with E-state index >= 15 is 0 Å². The van der Waals surface area contributed by atoms with Crippen molar-refractivity contribution in [3.05, 3.63) is 89.8 Å². The number of carbonyl (C=O) groups excluding carboxylic acids is 1. The molecule has 4 aromatic rings. The van der Waals surface area contributed by atoms with Crippen molar-refractivity contribution in [3.63, 3.8) is 0 Å². The molecule has 0 aliphatic carbocycles. The van der Waals surface area contributed by atoms with E-state index in [0.29, 0.717) is 31.1 Å². The quantitative estimate of drug-likeness (QED) is 0.366. The first kappa shape index (κ1) is 23.4. The van der Waals surface area contributed by atoms with Gasteiger partial charge in [0.25, 0.3) is 15.9 Å².